The average molecular weight is 422 g/mol. The molecule has 3 heterocycles. The number of amides is 1. The smallest absolute Gasteiger partial charge is 0.254 e. The molecular formula is C22H23FN6O2. The van der Waals surface area contributed by atoms with E-state index in [1.165, 1.54) is 19.2 Å². The Morgan fingerprint density at radius 3 is 2.55 bits per heavy atom. The summed E-state index contributed by atoms with van der Waals surface area (Å²) in [6.45, 7) is 4.09. The van der Waals surface area contributed by atoms with Gasteiger partial charge < -0.3 is 19.9 Å². The topological polar surface area (TPSA) is 83.5 Å². The van der Waals surface area contributed by atoms with Crippen LogP contribution in [0.15, 0.2) is 48.7 Å². The summed E-state index contributed by atoms with van der Waals surface area (Å²) in [5.74, 6) is 2.17. The van der Waals surface area contributed by atoms with Crippen LogP contribution in [0.3, 0.4) is 0 Å². The highest BCUT2D eigenvalue weighted by atomic mass is 19.1. The summed E-state index contributed by atoms with van der Waals surface area (Å²) < 4.78 is 18.9. The van der Waals surface area contributed by atoms with Crippen molar-refractivity contribution in [2.45, 2.75) is 6.92 Å². The second-order valence-electron chi connectivity index (χ2n) is 7.13. The summed E-state index contributed by atoms with van der Waals surface area (Å²) in [5.41, 5.74) is 0.312. The van der Waals surface area contributed by atoms with Gasteiger partial charge in [0.05, 0.1) is 7.11 Å². The SMILES string of the molecule is COc1ccc(C(=O)N2CCN(c3cc(Nc4ccccn4)nc(C)n3)CC2)cc1F. The number of halogens is 1. The summed E-state index contributed by atoms with van der Waals surface area (Å²) >= 11 is 0. The van der Waals surface area contributed by atoms with E-state index in [1.807, 2.05) is 31.2 Å². The number of nitrogens with one attached hydrogen (secondary N) is 1. The summed E-state index contributed by atoms with van der Waals surface area (Å²) in [4.78, 5) is 29.8. The molecule has 8 nitrogen and oxygen atoms in total. The highest BCUT2D eigenvalue weighted by Gasteiger charge is 2.24. The average Bonchev–Trinajstić information content (AvgIpc) is 2.79. The van der Waals surface area contributed by atoms with Gasteiger partial charge in [-0.25, -0.2) is 19.3 Å². The van der Waals surface area contributed by atoms with Crippen LogP contribution in [-0.2, 0) is 0 Å². The van der Waals surface area contributed by atoms with E-state index in [-0.39, 0.29) is 11.7 Å². The minimum Gasteiger partial charge on any atom is -0.494 e. The lowest BCUT2D eigenvalue weighted by Gasteiger charge is -2.35. The molecule has 0 atom stereocenters. The van der Waals surface area contributed by atoms with Gasteiger partial charge in [0.1, 0.15) is 23.3 Å². The number of hydrogen-bond donors (Lipinski definition) is 1. The summed E-state index contributed by atoms with van der Waals surface area (Å²) in [5, 5.41) is 3.19. The monoisotopic (exact) mass is 422 g/mol. The third kappa shape index (κ3) is 4.71. The Labute approximate surface area is 179 Å². The fourth-order valence-electron chi connectivity index (χ4n) is 3.47. The van der Waals surface area contributed by atoms with Crippen LogP contribution in [0.1, 0.15) is 16.2 Å². The predicted octanol–water partition coefficient (Wildman–Crippen LogP) is 3.03. The molecule has 3 aromatic rings. The summed E-state index contributed by atoms with van der Waals surface area (Å²) in [7, 11) is 1.39. The molecular weight excluding hydrogens is 399 g/mol. The second-order valence-corrected chi connectivity index (χ2v) is 7.13. The van der Waals surface area contributed by atoms with Crippen LogP contribution in [0.25, 0.3) is 0 Å². The molecule has 1 aliphatic rings. The predicted molar refractivity (Wildman–Crippen MR) is 115 cm³/mol. The van der Waals surface area contributed by atoms with Crippen LogP contribution in [0.5, 0.6) is 5.75 Å². The number of aryl methyl sites for hydroxylation is 1. The quantitative estimate of drug-likeness (QED) is 0.677. The number of benzene rings is 1. The summed E-state index contributed by atoms with van der Waals surface area (Å²) in [6, 6.07) is 11.8. The van der Waals surface area contributed by atoms with E-state index in [0.29, 0.717) is 49.2 Å². The first-order valence-electron chi connectivity index (χ1n) is 9.95. The van der Waals surface area contributed by atoms with Gasteiger partial charge in [-0.15, -0.1) is 0 Å². The zero-order valence-electron chi connectivity index (χ0n) is 17.4. The number of rotatable bonds is 5. The molecule has 1 N–H and O–H groups in total. The Morgan fingerprint density at radius 2 is 1.87 bits per heavy atom. The molecule has 1 amide bonds. The normalized spacial score (nSPS) is 13.8. The van der Waals surface area contributed by atoms with Crippen LogP contribution in [0.2, 0.25) is 0 Å². The van der Waals surface area contributed by atoms with Gasteiger partial charge in [0.25, 0.3) is 5.91 Å². The number of carbonyl (C=O) groups is 1. The Balaban J connectivity index is 1.42. The molecule has 4 rings (SSSR count). The van der Waals surface area contributed by atoms with Crippen LogP contribution >= 0.6 is 0 Å². The minimum absolute atomic E-state index is 0.121. The van der Waals surface area contributed by atoms with Gasteiger partial charge in [0.2, 0.25) is 0 Å². The van der Waals surface area contributed by atoms with Crippen molar-refractivity contribution in [1.29, 1.82) is 0 Å². The minimum atomic E-state index is -0.545. The Hall–Kier alpha value is -3.75. The van der Waals surface area contributed by atoms with Gasteiger partial charge in [0.15, 0.2) is 11.6 Å². The lowest BCUT2D eigenvalue weighted by molar-refractivity contribution is 0.0746. The first-order chi connectivity index (χ1) is 15.0. The molecule has 1 aliphatic heterocycles. The van der Waals surface area contributed by atoms with Crippen molar-refractivity contribution in [3.05, 3.63) is 65.9 Å². The molecule has 1 aromatic carbocycles. The van der Waals surface area contributed by atoms with E-state index in [2.05, 4.69) is 25.2 Å². The van der Waals surface area contributed by atoms with E-state index in [1.54, 1.807) is 17.2 Å². The van der Waals surface area contributed by atoms with Crippen molar-refractivity contribution in [2.24, 2.45) is 0 Å². The number of hydrogen-bond acceptors (Lipinski definition) is 7. The molecule has 0 spiro atoms. The molecule has 0 saturated carbocycles. The molecule has 0 aliphatic carbocycles. The maximum absolute atomic E-state index is 14.0. The molecule has 0 radical (unpaired) electrons. The Morgan fingerprint density at radius 1 is 1.06 bits per heavy atom. The van der Waals surface area contributed by atoms with Crippen molar-refractivity contribution in [3.63, 3.8) is 0 Å². The number of carbonyl (C=O) groups excluding carboxylic acids is 1. The van der Waals surface area contributed by atoms with Crippen LogP contribution in [-0.4, -0.2) is 59.0 Å². The molecule has 31 heavy (non-hydrogen) atoms. The zero-order chi connectivity index (χ0) is 21.8. The van der Waals surface area contributed by atoms with Gasteiger partial charge in [-0.3, -0.25) is 4.79 Å². The molecule has 1 saturated heterocycles. The molecule has 9 heteroatoms. The molecule has 0 unspecified atom stereocenters. The number of nitrogens with zero attached hydrogens (tertiary/aromatic N) is 5. The van der Waals surface area contributed by atoms with E-state index >= 15 is 0 Å². The maximum Gasteiger partial charge on any atom is 0.254 e. The van der Waals surface area contributed by atoms with Crippen molar-refractivity contribution in [3.8, 4) is 5.75 Å². The lowest BCUT2D eigenvalue weighted by atomic mass is 10.1. The Kier molecular flexibility index (Phi) is 5.92. The first-order valence-corrected chi connectivity index (χ1v) is 9.95. The van der Waals surface area contributed by atoms with Crippen LogP contribution < -0.4 is 15.0 Å². The van der Waals surface area contributed by atoms with Gasteiger partial charge in [-0.05, 0) is 37.3 Å². The van der Waals surface area contributed by atoms with Crippen LogP contribution in [0.4, 0.5) is 21.8 Å². The third-order valence-electron chi connectivity index (χ3n) is 5.04. The third-order valence-corrected chi connectivity index (χ3v) is 5.04. The van der Waals surface area contributed by atoms with E-state index in [0.717, 1.165) is 5.82 Å². The molecule has 160 valence electrons. The zero-order valence-corrected chi connectivity index (χ0v) is 17.4. The van der Waals surface area contributed by atoms with Gasteiger partial charge >= 0.3 is 0 Å². The van der Waals surface area contributed by atoms with Crippen molar-refractivity contribution in [1.82, 2.24) is 19.9 Å². The second kappa shape index (κ2) is 8.95. The lowest BCUT2D eigenvalue weighted by Crippen LogP contribution is -2.49. The van der Waals surface area contributed by atoms with E-state index in [9.17, 15) is 9.18 Å². The largest absolute Gasteiger partial charge is 0.494 e. The highest BCUT2D eigenvalue weighted by molar-refractivity contribution is 5.94. The number of pyridine rings is 1. The molecule has 2 aromatic heterocycles. The highest BCUT2D eigenvalue weighted by Crippen LogP contribution is 2.22. The number of anilines is 3. The van der Waals surface area contributed by atoms with Crippen molar-refractivity contribution >= 4 is 23.4 Å². The van der Waals surface area contributed by atoms with E-state index < -0.39 is 5.82 Å². The first kappa shape index (κ1) is 20.5. The van der Waals surface area contributed by atoms with Crippen molar-refractivity contribution in [2.75, 3.05) is 43.5 Å². The van der Waals surface area contributed by atoms with Gasteiger partial charge in [-0.2, -0.15) is 0 Å². The van der Waals surface area contributed by atoms with Gasteiger partial charge in [0, 0.05) is 44.0 Å². The standard InChI is InChI=1S/C22H23FN6O2/c1-15-25-20(27-19-5-3-4-8-24-19)14-21(26-15)28-9-11-29(12-10-28)22(30)16-6-7-18(31-2)17(23)13-16/h3-8,13-14H,9-12H2,1-2H3,(H,24,25,26,27). The van der Waals surface area contributed by atoms with Crippen LogP contribution in [0, 0.1) is 12.7 Å². The number of piperazine rings is 1. The number of ether oxygens (including phenoxy) is 1. The number of methoxy groups -OCH3 is 1. The maximum atomic E-state index is 14.0. The molecule has 1 fully saturated rings. The van der Waals surface area contributed by atoms with E-state index in [4.69, 9.17) is 4.74 Å². The fraction of sp³-hybridized carbons (Fsp3) is 0.273. The van der Waals surface area contributed by atoms with Gasteiger partial charge in [-0.1, -0.05) is 6.07 Å². The fourth-order valence-corrected chi connectivity index (χ4v) is 3.47. The summed E-state index contributed by atoms with van der Waals surface area (Å²) in [6.07, 6.45) is 1.71. The number of aromatic nitrogens is 3. The molecule has 0 bridgehead atoms. The Bertz CT molecular complexity index is 1070. The van der Waals surface area contributed by atoms with Crippen molar-refractivity contribution < 1.29 is 13.9 Å².